The van der Waals surface area contributed by atoms with Gasteiger partial charge in [0.1, 0.15) is 0 Å². The number of unbranched alkanes of at least 4 members (excludes halogenated alkanes) is 1. The predicted molar refractivity (Wildman–Crippen MR) is 58.1 cm³/mol. The monoisotopic (exact) mass is 196 g/mol. The summed E-state index contributed by atoms with van der Waals surface area (Å²) in [5.41, 5.74) is 8.95. The Morgan fingerprint density at radius 3 is 2.71 bits per heavy atom. The van der Waals surface area contributed by atoms with Crippen molar-refractivity contribution in [1.29, 1.82) is 0 Å². The first-order chi connectivity index (χ1) is 6.75. The fourth-order valence-electron chi connectivity index (χ4n) is 1.44. The molecule has 4 heteroatoms. The number of aromatic amines is 1. The zero-order valence-electron chi connectivity index (χ0n) is 9.06. The van der Waals surface area contributed by atoms with E-state index in [0.29, 0.717) is 0 Å². The first kappa shape index (κ1) is 11.2. The molecule has 0 unspecified atom stereocenters. The third-order valence-corrected chi connectivity index (χ3v) is 2.39. The molecule has 0 amide bonds. The number of nitrogens with two attached hydrogens (primary N) is 1. The van der Waals surface area contributed by atoms with Gasteiger partial charge in [0.2, 0.25) is 0 Å². The molecule has 80 valence electrons. The van der Waals surface area contributed by atoms with E-state index < -0.39 is 0 Å². The fourth-order valence-corrected chi connectivity index (χ4v) is 1.44. The highest BCUT2D eigenvalue weighted by molar-refractivity contribution is 5.22. The quantitative estimate of drug-likeness (QED) is 0.591. The van der Waals surface area contributed by atoms with Gasteiger partial charge < -0.3 is 11.1 Å². The molecule has 1 heterocycles. The van der Waals surface area contributed by atoms with E-state index in [4.69, 9.17) is 5.73 Å². The van der Waals surface area contributed by atoms with Crippen molar-refractivity contribution in [1.82, 2.24) is 15.5 Å². The van der Waals surface area contributed by atoms with Gasteiger partial charge in [-0.15, -0.1) is 0 Å². The fraction of sp³-hybridized carbons (Fsp3) is 0.700. The molecule has 0 radical (unpaired) electrons. The van der Waals surface area contributed by atoms with E-state index in [0.717, 1.165) is 43.9 Å². The molecule has 0 atom stereocenters. The van der Waals surface area contributed by atoms with Crippen LogP contribution < -0.4 is 11.1 Å². The lowest BCUT2D eigenvalue weighted by Crippen LogP contribution is -2.16. The average molecular weight is 196 g/mol. The normalized spacial score (nSPS) is 10.8. The zero-order chi connectivity index (χ0) is 10.4. The van der Waals surface area contributed by atoms with E-state index in [1.165, 1.54) is 5.56 Å². The number of H-pyrrole nitrogens is 1. The first-order valence-corrected chi connectivity index (χ1v) is 5.17. The molecule has 0 fully saturated rings. The molecule has 0 spiro atoms. The average Bonchev–Trinajstić information content (AvgIpc) is 2.48. The molecule has 0 aliphatic rings. The summed E-state index contributed by atoms with van der Waals surface area (Å²) in [7, 11) is 0. The maximum absolute atomic E-state index is 5.41. The van der Waals surface area contributed by atoms with Crippen molar-refractivity contribution in [3.63, 3.8) is 0 Å². The van der Waals surface area contributed by atoms with Crippen molar-refractivity contribution in [2.75, 3.05) is 13.1 Å². The Bertz CT molecular complexity index is 248. The number of aryl methyl sites for hydroxylation is 2. The van der Waals surface area contributed by atoms with Gasteiger partial charge in [0, 0.05) is 17.8 Å². The molecule has 0 saturated heterocycles. The molecule has 0 aliphatic carbocycles. The van der Waals surface area contributed by atoms with E-state index in [1.807, 2.05) is 6.92 Å². The van der Waals surface area contributed by atoms with Crippen LogP contribution in [0.3, 0.4) is 0 Å². The second kappa shape index (κ2) is 5.78. The minimum Gasteiger partial charge on any atom is -0.330 e. The van der Waals surface area contributed by atoms with Crippen LogP contribution in [0.25, 0.3) is 0 Å². The summed E-state index contributed by atoms with van der Waals surface area (Å²) in [5.74, 6) is 0. The SMILES string of the molecule is Cc1n[nH]c(C)c1CNCCCCN. The standard InChI is InChI=1S/C10H20N4/c1-8-10(9(2)14-13-8)7-12-6-4-3-5-11/h12H,3-7,11H2,1-2H3,(H,13,14). The minimum atomic E-state index is 0.783. The van der Waals surface area contributed by atoms with E-state index in [9.17, 15) is 0 Å². The van der Waals surface area contributed by atoms with Crippen molar-refractivity contribution in [2.24, 2.45) is 5.73 Å². The Labute approximate surface area is 85.3 Å². The van der Waals surface area contributed by atoms with E-state index in [1.54, 1.807) is 0 Å². The highest BCUT2D eigenvalue weighted by Gasteiger charge is 2.04. The summed E-state index contributed by atoms with van der Waals surface area (Å²) in [5, 5.41) is 10.5. The molecular weight excluding hydrogens is 176 g/mol. The van der Waals surface area contributed by atoms with Crippen LogP contribution in [0.5, 0.6) is 0 Å². The van der Waals surface area contributed by atoms with E-state index >= 15 is 0 Å². The van der Waals surface area contributed by atoms with Crippen LogP contribution in [0.2, 0.25) is 0 Å². The predicted octanol–water partition coefficient (Wildman–Crippen LogP) is 0.855. The molecule has 4 nitrogen and oxygen atoms in total. The third kappa shape index (κ3) is 3.12. The van der Waals surface area contributed by atoms with Gasteiger partial charge in [-0.25, -0.2) is 0 Å². The Kier molecular flexibility index (Phi) is 4.62. The van der Waals surface area contributed by atoms with Crippen molar-refractivity contribution in [2.45, 2.75) is 33.2 Å². The molecule has 14 heavy (non-hydrogen) atoms. The number of rotatable bonds is 6. The Morgan fingerprint density at radius 1 is 1.36 bits per heavy atom. The molecular formula is C10H20N4. The minimum absolute atomic E-state index is 0.783. The topological polar surface area (TPSA) is 66.7 Å². The van der Waals surface area contributed by atoms with Crippen LogP contribution in [-0.2, 0) is 6.54 Å². The first-order valence-electron chi connectivity index (χ1n) is 5.17. The highest BCUT2D eigenvalue weighted by atomic mass is 15.1. The lowest BCUT2D eigenvalue weighted by molar-refractivity contribution is 0.625. The maximum Gasteiger partial charge on any atom is 0.0638 e. The number of nitrogens with one attached hydrogen (secondary N) is 2. The maximum atomic E-state index is 5.41. The number of aromatic nitrogens is 2. The number of nitrogens with zero attached hydrogens (tertiary/aromatic N) is 1. The molecule has 4 N–H and O–H groups in total. The van der Waals surface area contributed by atoms with Crippen LogP contribution in [0, 0.1) is 13.8 Å². The van der Waals surface area contributed by atoms with Crippen molar-refractivity contribution >= 4 is 0 Å². The van der Waals surface area contributed by atoms with Gasteiger partial charge in [0.05, 0.1) is 5.69 Å². The third-order valence-electron chi connectivity index (χ3n) is 2.39. The number of hydrogen-bond acceptors (Lipinski definition) is 3. The molecule has 0 aromatic carbocycles. The molecule has 1 aromatic heterocycles. The van der Waals surface area contributed by atoms with Crippen LogP contribution in [0.1, 0.15) is 29.8 Å². The van der Waals surface area contributed by atoms with Gasteiger partial charge >= 0.3 is 0 Å². The van der Waals surface area contributed by atoms with Gasteiger partial charge in [0.15, 0.2) is 0 Å². The second-order valence-corrected chi connectivity index (χ2v) is 3.59. The highest BCUT2D eigenvalue weighted by Crippen LogP contribution is 2.08. The zero-order valence-corrected chi connectivity index (χ0v) is 9.06. The lowest BCUT2D eigenvalue weighted by Gasteiger charge is -2.04. The van der Waals surface area contributed by atoms with Gasteiger partial charge in [-0.2, -0.15) is 5.10 Å². The smallest absolute Gasteiger partial charge is 0.0638 e. The van der Waals surface area contributed by atoms with Crippen LogP contribution in [0.15, 0.2) is 0 Å². The summed E-state index contributed by atoms with van der Waals surface area (Å²) in [6, 6.07) is 0. The van der Waals surface area contributed by atoms with Gasteiger partial charge in [-0.05, 0) is 39.8 Å². The van der Waals surface area contributed by atoms with Crippen molar-refractivity contribution < 1.29 is 0 Å². The van der Waals surface area contributed by atoms with Crippen molar-refractivity contribution in [3.8, 4) is 0 Å². The molecule has 0 bridgehead atoms. The van der Waals surface area contributed by atoms with Gasteiger partial charge in [-0.3, -0.25) is 5.10 Å². The van der Waals surface area contributed by atoms with E-state index in [-0.39, 0.29) is 0 Å². The lowest BCUT2D eigenvalue weighted by atomic mass is 10.2. The molecule has 0 saturated carbocycles. The summed E-state index contributed by atoms with van der Waals surface area (Å²) < 4.78 is 0. The molecule has 1 rings (SSSR count). The summed E-state index contributed by atoms with van der Waals surface area (Å²) >= 11 is 0. The summed E-state index contributed by atoms with van der Waals surface area (Å²) in [6.07, 6.45) is 2.24. The molecule has 1 aromatic rings. The Balaban J connectivity index is 2.24. The van der Waals surface area contributed by atoms with Crippen LogP contribution >= 0.6 is 0 Å². The Hall–Kier alpha value is -0.870. The summed E-state index contributed by atoms with van der Waals surface area (Å²) in [4.78, 5) is 0. The second-order valence-electron chi connectivity index (χ2n) is 3.59. The Morgan fingerprint density at radius 2 is 2.14 bits per heavy atom. The van der Waals surface area contributed by atoms with Gasteiger partial charge in [0.25, 0.3) is 0 Å². The van der Waals surface area contributed by atoms with Crippen LogP contribution in [0.4, 0.5) is 0 Å². The summed E-state index contributed by atoms with van der Waals surface area (Å²) in [6.45, 7) is 6.79. The van der Waals surface area contributed by atoms with E-state index in [2.05, 4.69) is 22.4 Å². The molecule has 0 aliphatic heterocycles. The van der Waals surface area contributed by atoms with Crippen molar-refractivity contribution in [3.05, 3.63) is 17.0 Å². The van der Waals surface area contributed by atoms with Crippen LogP contribution in [-0.4, -0.2) is 23.3 Å². The largest absolute Gasteiger partial charge is 0.330 e. The van der Waals surface area contributed by atoms with Gasteiger partial charge in [-0.1, -0.05) is 0 Å². The number of hydrogen-bond donors (Lipinski definition) is 3.